The van der Waals surface area contributed by atoms with E-state index in [-0.39, 0.29) is 31.1 Å². The lowest BCUT2D eigenvalue weighted by atomic mass is 10.0. The summed E-state index contributed by atoms with van der Waals surface area (Å²) in [6.07, 6.45) is 51.0. The molecule has 0 saturated heterocycles. The molecule has 0 aromatic rings. The van der Waals surface area contributed by atoms with Gasteiger partial charge >= 0.3 is 17.9 Å². The molecule has 368 valence electrons. The van der Waals surface area contributed by atoms with Gasteiger partial charge in [0, 0.05) is 19.3 Å². The molecule has 0 fully saturated rings. The maximum absolute atomic E-state index is 12.8. The van der Waals surface area contributed by atoms with Gasteiger partial charge in [0.1, 0.15) is 13.2 Å². The fraction of sp³-hybridized carbons (Fsp3) is 0.946. The summed E-state index contributed by atoms with van der Waals surface area (Å²) in [6.45, 7) is 11.4. The number of carbonyl (C=O) groups excluding carboxylic acids is 3. The van der Waals surface area contributed by atoms with Gasteiger partial charge in [-0.25, -0.2) is 0 Å². The third-order valence-electron chi connectivity index (χ3n) is 12.7. The highest BCUT2D eigenvalue weighted by Gasteiger charge is 2.19. The summed E-state index contributed by atoms with van der Waals surface area (Å²) < 4.78 is 16.8. The van der Waals surface area contributed by atoms with E-state index in [1.165, 1.54) is 199 Å². The van der Waals surface area contributed by atoms with Crippen LogP contribution in [0.15, 0.2) is 0 Å². The Balaban J connectivity index is 4.25. The van der Waals surface area contributed by atoms with Gasteiger partial charge in [0.25, 0.3) is 0 Å². The molecule has 0 aliphatic rings. The lowest BCUT2D eigenvalue weighted by molar-refractivity contribution is -0.167. The molecule has 6 nitrogen and oxygen atoms in total. The third kappa shape index (κ3) is 49.4. The molecule has 62 heavy (non-hydrogen) atoms. The predicted octanol–water partition coefficient (Wildman–Crippen LogP) is 18.1. The third-order valence-corrected chi connectivity index (χ3v) is 12.7. The smallest absolute Gasteiger partial charge is 0.306 e. The van der Waals surface area contributed by atoms with E-state index in [4.69, 9.17) is 14.2 Å². The van der Waals surface area contributed by atoms with Gasteiger partial charge in [0.05, 0.1) is 0 Å². The maximum atomic E-state index is 12.8. The van der Waals surface area contributed by atoms with Gasteiger partial charge in [-0.3, -0.25) is 14.4 Å². The van der Waals surface area contributed by atoms with Gasteiger partial charge in [-0.05, 0) is 31.1 Å². The fourth-order valence-corrected chi connectivity index (χ4v) is 8.52. The second kappa shape index (κ2) is 48.9. The average molecular weight is 877 g/mol. The van der Waals surface area contributed by atoms with Crippen molar-refractivity contribution in [1.29, 1.82) is 0 Å². The first kappa shape index (κ1) is 60.4. The van der Waals surface area contributed by atoms with E-state index in [0.717, 1.165) is 69.6 Å². The Morgan fingerprint density at radius 1 is 0.306 bits per heavy atom. The Bertz CT molecular complexity index is 947. The summed E-state index contributed by atoms with van der Waals surface area (Å²) in [5, 5.41) is 0. The van der Waals surface area contributed by atoms with Crippen LogP contribution in [-0.2, 0) is 28.6 Å². The molecular formula is C56H108O6. The number of hydrogen-bond acceptors (Lipinski definition) is 6. The zero-order chi connectivity index (χ0) is 45.4. The Kier molecular flexibility index (Phi) is 47.6. The summed E-state index contributed by atoms with van der Waals surface area (Å²) in [4.78, 5) is 38.0. The highest BCUT2D eigenvalue weighted by atomic mass is 16.6. The summed E-state index contributed by atoms with van der Waals surface area (Å²) in [5.41, 5.74) is 0. The first-order valence-electron chi connectivity index (χ1n) is 27.7. The van der Waals surface area contributed by atoms with Crippen molar-refractivity contribution in [3.05, 3.63) is 0 Å². The summed E-state index contributed by atoms with van der Waals surface area (Å²) in [6, 6.07) is 0. The Hall–Kier alpha value is -1.59. The van der Waals surface area contributed by atoms with Crippen molar-refractivity contribution in [2.75, 3.05) is 13.2 Å². The molecule has 1 atom stereocenters. The van der Waals surface area contributed by atoms with E-state index in [0.29, 0.717) is 19.3 Å². The van der Waals surface area contributed by atoms with Crippen LogP contribution in [0, 0.1) is 11.8 Å². The SMILES string of the molecule is CCCCCCCCCCCCCCCCCC(=O)OC[C@H](COC(=O)CCCCCCCCCCCCCCCCCC(C)C)OC(=O)CCCCCCCCCCC(C)C. The second-order valence-electron chi connectivity index (χ2n) is 20.2. The Labute approximate surface area is 387 Å². The lowest BCUT2D eigenvalue weighted by Crippen LogP contribution is -2.30. The molecule has 0 N–H and O–H groups in total. The minimum absolute atomic E-state index is 0.0635. The molecule has 0 aliphatic heterocycles. The second-order valence-corrected chi connectivity index (χ2v) is 20.2. The van der Waals surface area contributed by atoms with Crippen LogP contribution in [0.25, 0.3) is 0 Å². The van der Waals surface area contributed by atoms with Crippen LogP contribution in [0.4, 0.5) is 0 Å². The number of hydrogen-bond donors (Lipinski definition) is 0. The van der Waals surface area contributed by atoms with Gasteiger partial charge in [-0.1, -0.05) is 272 Å². The Morgan fingerprint density at radius 3 is 0.790 bits per heavy atom. The monoisotopic (exact) mass is 877 g/mol. The molecule has 0 saturated carbocycles. The first-order chi connectivity index (χ1) is 30.2. The van der Waals surface area contributed by atoms with Crippen LogP contribution in [0.2, 0.25) is 0 Å². The molecule has 0 heterocycles. The summed E-state index contributed by atoms with van der Waals surface area (Å²) >= 11 is 0. The maximum Gasteiger partial charge on any atom is 0.306 e. The van der Waals surface area contributed by atoms with E-state index < -0.39 is 6.10 Å². The molecule has 0 unspecified atom stereocenters. The normalized spacial score (nSPS) is 12.0. The Morgan fingerprint density at radius 2 is 0.532 bits per heavy atom. The largest absolute Gasteiger partial charge is 0.462 e. The van der Waals surface area contributed by atoms with Gasteiger partial charge in [-0.15, -0.1) is 0 Å². The quantitative estimate of drug-likeness (QED) is 0.0344. The topological polar surface area (TPSA) is 78.9 Å². The van der Waals surface area contributed by atoms with E-state index in [1.54, 1.807) is 0 Å². The van der Waals surface area contributed by atoms with Crippen molar-refractivity contribution in [3.8, 4) is 0 Å². The molecule has 0 bridgehead atoms. The zero-order valence-electron chi connectivity index (χ0n) is 42.5. The molecule has 0 aliphatic carbocycles. The van der Waals surface area contributed by atoms with Crippen molar-refractivity contribution >= 4 is 17.9 Å². The lowest BCUT2D eigenvalue weighted by Gasteiger charge is -2.18. The van der Waals surface area contributed by atoms with Crippen LogP contribution in [0.5, 0.6) is 0 Å². The fourth-order valence-electron chi connectivity index (χ4n) is 8.52. The van der Waals surface area contributed by atoms with Crippen molar-refractivity contribution < 1.29 is 28.6 Å². The molecule has 6 heteroatoms. The standard InChI is InChI=1S/C56H108O6/c1-6-7-8-9-10-11-12-13-15-19-22-25-31-36-41-46-54(57)60-49-53(62-56(59)48-43-38-33-28-27-30-35-40-45-52(4)5)50-61-55(58)47-42-37-32-26-23-20-17-14-16-18-21-24-29-34-39-44-51(2)3/h51-53H,6-50H2,1-5H3/t53-/m1/s1. The number of unbranched alkanes of at least 4 members (excludes halogenated alkanes) is 35. The molecular weight excluding hydrogens is 769 g/mol. The number of ether oxygens (including phenoxy) is 3. The van der Waals surface area contributed by atoms with Crippen molar-refractivity contribution in [3.63, 3.8) is 0 Å². The molecule has 0 rings (SSSR count). The number of rotatable bonds is 50. The number of esters is 3. The molecule has 0 aromatic carbocycles. The van der Waals surface area contributed by atoms with Crippen LogP contribution < -0.4 is 0 Å². The van der Waals surface area contributed by atoms with Crippen LogP contribution in [-0.4, -0.2) is 37.2 Å². The molecule has 0 aromatic heterocycles. The van der Waals surface area contributed by atoms with E-state index >= 15 is 0 Å². The molecule has 0 spiro atoms. The van der Waals surface area contributed by atoms with Gasteiger partial charge in [-0.2, -0.15) is 0 Å². The summed E-state index contributed by atoms with van der Waals surface area (Å²) in [7, 11) is 0. The summed E-state index contributed by atoms with van der Waals surface area (Å²) in [5.74, 6) is 0.798. The van der Waals surface area contributed by atoms with Gasteiger partial charge in [0.2, 0.25) is 0 Å². The van der Waals surface area contributed by atoms with Crippen LogP contribution in [0.3, 0.4) is 0 Å². The van der Waals surface area contributed by atoms with Crippen LogP contribution >= 0.6 is 0 Å². The predicted molar refractivity (Wildman–Crippen MR) is 266 cm³/mol. The minimum atomic E-state index is -0.762. The highest BCUT2D eigenvalue weighted by molar-refractivity contribution is 5.71. The van der Waals surface area contributed by atoms with E-state index in [2.05, 4.69) is 34.6 Å². The molecule has 0 radical (unpaired) electrons. The van der Waals surface area contributed by atoms with Crippen molar-refractivity contribution in [2.24, 2.45) is 11.8 Å². The highest BCUT2D eigenvalue weighted by Crippen LogP contribution is 2.18. The average Bonchev–Trinajstić information content (AvgIpc) is 3.24. The van der Waals surface area contributed by atoms with Gasteiger partial charge in [0.15, 0.2) is 6.10 Å². The molecule has 0 amide bonds. The van der Waals surface area contributed by atoms with Crippen molar-refractivity contribution in [2.45, 2.75) is 317 Å². The van der Waals surface area contributed by atoms with Gasteiger partial charge < -0.3 is 14.2 Å². The van der Waals surface area contributed by atoms with E-state index in [1.807, 2.05) is 0 Å². The number of carbonyl (C=O) groups is 3. The van der Waals surface area contributed by atoms with E-state index in [9.17, 15) is 14.4 Å². The van der Waals surface area contributed by atoms with Crippen molar-refractivity contribution in [1.82, 2.24) is 0 Å². The minimum Gasteiger partial charge on any atom is -0.462 e. The zero-order valence-corrected chi connectivity index (χ0v) is 42.5. The first-order valence-corrected chi connectivity index (χ1v) is 27.7. The van der Waals surface area contributed by atoms with Crippen LogP contribution in [0.1, 0.15) is 311 Å².